The van der Waals surface area contributed by atoms with Gasteiger partial charge in [-0.05, 0) is 42.5 Å². The maximum Gasteiger partial charge on any atom is 0.244 e. The fourth-order valence-corrected chi connectivity index (χ4v) is 4.34. The van der Waals surface area contributed by atoms with Crippen molar-refractivity contribution in [2.75, 3.05) is 31.1 Å². The molecule has 2 heterocycles. The SMILES string of the molecule is O=C(Cn1nc(-c2ccccc2)c2ccc(Cl)cc21)N1CCN(c2ccc(F)cc2)CC1. The topological polar surface area (TPSA) is 41.4 Å². The van der Waals surface area contributed by atoms with Gasteiger partial charge in [-0.2, -0.15) is 5.10 Å². The second-order valence-electron chi connectivity index (χ2n) is 7.88. The zero-order chi connectivity index (χ0) is 22.1. The summed E-state index contributed by atoms with van der Waals surface area (Å²) in [6.45, 7) is 2.79. The molecule has 0 bridgehead atoms. The summed E-state index contributed by atoms with van der Waals surface area (Å²) in [6.07, 6.45) is 0. The van der Waals surface area contributed by atoms with Gasteiger partial charge in [-0.1, -0.05) is 41.9 Å². The van der Waals surface area contributed by atoms with Crippen molar-refractivity contribution >= 4 is 34.1 Å². The number of carbonyl (C=O) groups excluding carboxylic acids is 1. The van der Waals surface area contributed by atoms with E-state index in [9.17, 15) is 9.18 Å². The van der Waals surface area contributed by atoms with Gasteiger partial charge in [-0.15, -0.1) is 0 Å². The molecule has 0 atom stereocenters. The third-order valence-corrected chi connectivity index (χ3v) is 6.11. The average Bonchev–Trinajstić information content (AvgIpc) is 3.17. The zero-order valence-corrected chi connectivity index (χ0v) is 18.2. The summed E-state index contributed by atoms with van der Waals surface area (Å²) in [5, 5.41) is 6.35. The van der Waals surface area contributed by atoms with Crippen LogP contribution in [0.25, 0.3) is 22.2 Å². The van der Waals surface area contributed by atoms with Crippen LogP contribution in [-0.2, 0) is 11.3 Å². The molecule has 0 saturated carbocycles. The van der Waals surface area contributed by atoms with Gasteiger partial charge in [-0.25, -0.2) is 4.39 Å². The predicted molar refractivity (Wildman–Crippen MR) is 125 cm³/mol. The Bertz CT molecular complexity index is 1250. The number of benzene rings is 3. The van der Waals surface area contributed by atoms with E-state index in [-0.39, 0.29) is 18.3 Å². The Morgan fingerprint density at radius 2 is 1.66 bits per heavy atom. The third-order valence-electron chi connectivity index (χ3n) is 5.87. The molecule has 5 nitrogen and oxygen atoms in total. The van der Waals surface area contributed by atoms with Gasteiger partial charge in [0, 0.05) is 47.8 Å². The van der Waals surface area contributed by atoms with Crippen molar-refractivity contribution in [2.45, 2.75) is 6.54 Å². The summed E-state index contributed by atoms with van der Waals surface area (Å²) in [5.74, 6) is -0.225. The Morgan fingerprint density at radius 3 is 2.38 bits per heavy atom. The lowest BCUT2D eigenvalue weighted by Crippen LogP contribution is -2.49. The van der Waals surface area contributed by atoms with E-state index in [1.165, 1.54) is 12.1 Å². The largest absolute Gasteiger partial charge is 0.368 e. The van der Waals surface area contributed by atoms with Crippen molar-refractivity contribution in [3.8, 4) is 11.3 Å². The number of nitrogens with zero attached hydrogens (tertiary/aromatic N) is 4. The molecule has 162 valence electrons. The summed E-state index contributed by atoms with van der Waals surface area (Å²) in [5.41, 5.74) is 3.65. The van der Waals surface area contributed by atoms with Crippen LogP contribution in [0.4, 0.5) is 10.1 Å². The molecule has 1 aromatic heterocycles. The summed E-state index contributed by atoms with van der Waals surface area (Å²) in [4.78, 5) is 17.1. The number of rotatable bonds is 4. The highest BCUT2D eigenvalue weighted by atomic mass is 35.5. The first-order chi connectivity index (χ1) is 15.6. The minimum Gasteiger partial charge on any atom is -0.368 e. The fourth-order valence-electron chi connectivity index (χ4n) is 4.17. The van der Waals surface area contributed by atoms with Crippen molar-refractivity contribution in [3.05, 3.63) is 83.6 Å². The lowest BCUT2D eigenvalue weighted by Gasteiger charge is -2.36. The van der Waals surface area contributed by atoms with Gasteiger partial charge in [0.15, 0.2) is 0 Å². The maximum atomic E-state index is 13.2. The van der Waals surface area contributed by atoms with Crippen molar-refractivity contribution in [2.24, 2.45) is 0 Å². The third kappa shape index (κ3) is 4.06. The van der Waals surface area contributed by atoms with Gasteiger partial charge in [0.25, 0.3) is 0 Å². The minimum absolute atomic E-state index is 0.0211. The van der Waals surface area contributed by atoms with Crippen LogP contribution >= 0.6 is 11.6 Å². The minimum atomic E-state index is -0.246. The molecule has 1 aliphatic heterocycles. The quantitative estimate of drug-likeness (QED) is 0.448. The van der Waals surface area contributed by atoms with Crippen molar-refractivity contribution in [1.82, 2.24) is 14.7 Å². The van der Waals surface area contributed by atoms with Crippen LogP contribution < -0.4 is 4.90 Å². The van der Waals surface area contributed by atoms with Crippen LogP contribution in [0.2, 0.25) is 5.02 Å². The van der Waals surface area contributed by atoms with Gasteiger partial charge in [0.05, 0.1) is 5.52 Å². The Morgan fingerprint density at radius 1 is 0.938 bits per heavy atom. The summed E-state index contributed by atoms with van der Waals surface area (Å²) in [7, 11) is 0. The second-order valence-corrected chi connectivity index (χ2v) is 8.31. The highest BCUT2D eigenvalue weighted by Gasteiger charge is 2.23. The summed E-state index contributed by atoms with van der Waals surface area (Å²) >= 11 is 6.25. The standard InChI is InChI=1S/C25H22ClFN4O/c26-19-6-11-22-23(16-19)31(28-25(22)18-4-2-1-3-5-18)17-24(32)30-14-12-29(13-15-30)21-9-7-20(27)8-10-21/h1-11,16H,12-15,17H2. The number of halogens is 2. The first-order valence-corrected chi connectivity index (χ1v) is 11.0. The number of aromatic nitrogens is 2. The van der Waals surface area contributed by atoms with Gasteiger partial charge >= 0.3 is 0 Å². The summed E-state index contributed by atoms with van der Waals surface area (Å²) in [6, 6.07) is 22.1. The Balaban J connectivity index is 1.34. The lowest BCUT2D eigenvalue weighted by atomic mass is 10.1. The van der Waals surface area contributed by atoms with Gasteiger partial charge in [-0.3, -0.25) is 9.48 Å². The molecule has 4 aromatic rings. The highest BCUT2D eigenvalue weighted by molar-refractivity contribution is 6.31. The van der Waals surface area contributed by atoms with Gasteiger partial charge < -0.3 is 9.80 Å². The molecule has 0 spiro atoms. The number of hydrogen-bond donors (Lipinski definition) is 0. The Kier molecular flexibility index (Phi) is 5.53. The number of fused-ring (bicyclic) bond motifs is 1. The maximum absolute atomic E-state index is 13.2. The molecule has 3 aromatic carbocycles. The Hall–Kier alpha value is -3.38. The molecule has 32 heavy (non-hydrogen) atoms. The van der Waals surface area contributed by atoms with E-state index in [0.717, 1.165) is 27.8 Å². The molecule has 7 heteroatoms. The normalized spacial score (nSPS) is 14.2. The first-order valence-electron chi connectivity index (χ1n) is 10.6. The molecular weight excluding hydrogens is 427 g/mol. The van der Waals surface area contributed by atoms with E-state index in [0.29, 0.717) is 31.2 Å². The number of hydrogen-bond acceptors (Lipinski definition) is 3. The molecule has 1 fully saturated rings. The average molecular weight is 449 g/mol. The number of amides is 1. The molecular formula is C25H22ClFN4O. The fraction of sp³-hybridized carbons (Fsp3) is 0.200. The lowest BCUT2D eigenvalue weighted by molar-refractivity contribution is -0.132. The van der Waals surface area contributed by atoms with E-state index < -0.39 is 0 Å². The van der Waals surface area contributed by atoms with Crippen molar-refractivity contribution in [3.63, 3.8) is 0 Å². The van der Waals surface area contributed by atoms with Crippen LogP contribution in [0, 0.1) is 5.82 Å². The van der Waals surface area contributed by atoms with Crippen LogP contribution in [0.1, 0.15) is 0 Å². The van der Waals surface area contributed by atoms with Gasteiger partial charge in [0.1, 0.15) is 18.1 Å². The van der Waals surface area contributed by atoms with Crippen LogP contribution in [0.5, 0.6) is 0 Å². The highest BCUT2D eigenvalue weighted by Crippen LogP contribution is 2.30. The first kappa shape index (κ1) is 20.5. The molecule has 0 unspecified atom stereocenters. The van der Waals surface area contributed by atoms with Crippen molar-refractivity contribution in [1.29, 1.82) is 0 Å². The number of anilines is 1. The van der Waals surface area contributed by atoms with E-state index in [1.807, 2.05) is 53.4 Å². The molecule has 1 aliphatic rings. The summed E-state index contributed by atoms with van der Waals surface area (Å²) < 4.78 is 14.9. The molecule has 0 N–H and O–H groups in total. The van der Waals surface area contributed by atoms with E-state index in [4.69, 9.17) is 16.7 Å². The molecule has 1 amide bonds. The van der Waals surface area contributed by atoms with Crippen LogP contribution in [0.15, 0.2) is 72.8 Å². The molecule has 5 rings (SSSR count). The number of carbonyl (C=O) groups is 1. The van der Waals surface area contributed by atoms with E-state index in [1.54, 1.807) is 16.8 Å². The smallest absolute Gasteiger partial charge is 0.244 e. The molecule has 0 aliphatic carbocycles. The zero-order valence-electron chi connectivity index (χ0n) is 17.4. The number of piperazine rings is 1. The van der Waals surface area contributed by atoms with Crippen LogP contribution in [0.3, 0.4) is 0 Å². The Labute approximate surface area is 190 Å². The van der Waals surface area contributed by atoms with Crippen LogP contribution in [-0.4, -0.2) is 46.8 Å². The van der Waals surface area contributed by atoms with E-state index >= 15 is 0 Å². The second kappa shape index (κ2) is 8.63. The molecule has 1 saturated heterocycles. The van der Waals surface area contributed by atoms with E-state index in [2.05, 4.69) is 4.90 Å². The molecule has 0 radical (unpaired) electrons. The van der Waals surface area contributed by atoms with Crippen molar-refractivity contribution < 1.29 is 9.18 Å². The predicted octanol–water partition coefficient (Wildman–Crippen LogP) is 4.84. The monoisotopic (exact) mass is 448 g/mol. The van der Waals surface area contributed by atoms with Gasteiger partial charge in [0.2, 0.25) is 5.91 Å².